The van der Waals surface area contributed by atoms with E-state index in [0.717, 1.165) is 20.9 Å². The number of thiophene rings is 1. The van der Waals surface area contributed by atoms with Gasteiger partial charge in [-0.15, -0.1) is 11.3 Å². The van der Waals surface area contributed by atoms with Crippen molar-refractivity contribution in [2.24, 2.45) is 5.92 Å². The number of amides is 1. The van der Waals surface area contributed by atoms with Crippen LogP contribution in [0.4, 0.5) is 0 Å². The van der Waals surface area contributed by atoms with Gasteiger partial charge in [-0.3, -0.25) is 9.89 Å². The Hall–Kier alpha value is -1.18. The highest BCUT2D eigenvalue weighted by molar-refractivity contribution is 9.11. The molecule has 4 rings (SSSR count). The van der Waals surface area contributed by atoms with E-state index >= 15 is 0 Å². The zero-order chi connectivity index (χ0) is 17.2. The van der Waals surface area contributed by atoms with E-state index in [1.165, 1.54) is 45.2 Å². The van der Waals surface area contributed by atoms with Crippen molar-refractivity contribution in [3.63, 3.8) is 0 Å². The quantitative estimate of drug-likeness (QED) is 0.785. The molecule has 2 fully saturated rings. The first kappa shape index (κ1) is 17.2. The van der Waals surface area contributed by atoms with Gasteiger partial charge in [0.1, 0.15) is 0 Å². The van der Waals surface area contributed by atoms with Gasteiger partial charge < -0.3 is 10.2 Å². The molecule has 0 bridgehead atoms. The zero-order valence-electron chi connectivity index (χ0n) is 14.1. The second kappa shape index (κ2) is 7.60. The summed E-state index contributed by atoms with van der Waals surface area (Å²) in [5.41, 5.74) is 1.35. The van der Waals surface area contributed by atoms with Crippen LogP contribution in [0.25, 0.3) is 10.6 Å². The van der Waals surface area contributed by atoms with Crippen LogP contribution in [0, 0.1) is 5.92 Å². The minimum absolute atomic E-state index is 0.0777. The monoisotopic (exact) mass is 422 g/mol. The Kier molecular flexibility index (Phi) is 5.24. The highest BCUT2D eigenvalue weighted by Crippen LogP contribution is 2.31. The van der Waals surface area contributed by atoms with Crippen LogP contribution in [0.1, 0.15) is 42.6 Å². The molecule has 2 aromatic rings. The SMILES string of the molecule is O=C(NC[C@H]1CCCN2CCCC[C@@H]12)c1cc(-c2ccc(Br)s2)[nH]n1. The standard InChI is InChI=1S/C18H23BrN4OS/c19-17-7-6-16(25-17)13-10-14(22-21-13)18(24)20-11-12-4-3-9-23-8-2-1-5-15(12)23/h6-7,10,12,15H,1-5,8-9,11H2,(H,20,24)(H,21,22)/t12-,15+/m1/s1. The summed E-state index contributed by atoms with van der Waals surface area (Å²) >= 11 is 5.09. The van der Waals surface area contributed by atoms with E-state index in [1.54, 1.807) is 11.3 Å². The molecule has 2 aliphatic rings. The van der Waals surface area contributed by atoms with Crippen molar-refractivity contribution in [2.45, 2.75) is 38.1 Å². The molecular formula is C18H23BrN4OS. The minimum atomic E-state index is -0.0777. The number of aromatic nitrogens is 2. The van der Waals surface area contributed by atoms with E-state index < -0.39 is 0 Å². The van der Waals surface area contributed by atoms with Crippen molar-refractivity contribution in [1.82, 2.24) is 20.4 Å². The van der Waals surface area contributed by atoms with Crippen molar-refractivity contribution >= 4 is 33.2 Å². The smallest absolute Gasteiger partial charge is 0.271 e. The van der Waals surface area contributed by atoms with Crippen molar-refractivity contribution < 1.29 is 4.79 Å². The summed E-state index contributed by atoms with van der Waals surface area (Å²) in [6.07, 6.45) is 6.39. The fraction of sp³-hybridized carbons (Fsp3) is 0.556. The van der Waals surface area contributed by atoms with Crippen molar-refractivity contribution in [2.75, 3.05) is 19.6 Å². The molecule has 4 heterocycles. The van der Waals surface area contributed by atoms with Crippen LogP contribution in [0.15, 0.2) is 22.0 Å². The first-order valence-corrected chi connectivity index (χ1v) is 10.6. The van der Waals surface area contributed by atoms with E-state index in [2.05, 4.69) is 36.3 Å². The van der Waals surface area contributed by atoms with Crippen molar-refractivity contribution in [1.29, 1.82) is 0 Å². The summed E-state index contributed by atoms with van der Waals surface area (Å²) in [7, 11) is 0. The van der Waals surface area contributed by atoms with Gasteiger partial charge in [-0.25, -0.2) is 0 Å². The van der Waals surface area contributed by atoms with Gasteiger partial charge in [0.15, 0.2) is 5.69 Å². The number of carbonyl (C=O) groups excluding carboxylic acids is 1. The number of nitrogens with one attached hydrogen (secondary N) is 2. The molecule has 0 aromatic carbocycles. The third-order valence-corrected chi connectivity index (χ3v) is 7.06. The number of hydrogen-bond donors (Lipinski definition) is 2. The fourth-order valence-electron chi connectivity index (χ4n) is 4.15. The third-order valence-electron chi connectivity index (χ3n) is 5.40. The average Bonchev–Trinajstić information content (AvgIpc) is 3.28. The molecule has 2 N–H and O–H groups in total. The first-order valence-electron chi connectivity index (χ1n) is 9.04. The zero-order valence-corrected chi connectivity index (χ0v) is 16.5. The van der Waals surface area contributed by atoms with Gasteiger partial charge >= 0.3 is 0 Å². The molecule has 0 unspecified atom stereocenters. The van der Waals surface area contributed by atoms with Gasteiger partial charge in [-0.1, -0.05) is 6.42 Å². The number of hydrogen-bond acceptors (Lipinski definition) is 4. The lowest BCUT2D eigenvalue weighted by atomic mass is 9.83. The van der Waals surface area contributed by atoms with Crippen LogP contribution in [0.2, 0.25) is 0 Å². The largest absolute Gasteiger partial charge is 0.350 e. The van der Waals surface area contributed by atoms with Gasteiger partial charge in [0, 0.05) is 12.6 Å². The fourth-order valence-corrected chi connectivity index (χ4v) is 5.51. The summed E-state index contributed by atoms with van der Waals surface area (Å²) < 4.78 is 1.07. The molecule has 1 amide bonds. The molecule has 2 aromatic heterocycles. The molecule has 134 valence electrons. The minimum Gasteiger partial charge on any atom is -0.350 e. The Labute approximate surface area is 160 Å². The maximum absolute atomic E-state index is 12.5. The lowest BCUT2D eigenvalue weighted by molar-refractivity contribution is 0.0575. The highest BCUT2D eigenvalue weighted by atomic mass is 79.9. The molecule has 25 heavy (non-hydrogen) atoms. The van der Waals surface area contributed by atoms with Gasteiger partial charge in [0.25, 0.3) is 5.91 Å². The van der Waals surface area contributed by atoms with E-state index in [9.17, 15) is 4.79 Å². The Morgan fingerprint density at radius 1 is 1.32 bits per heavy atom. The first-order chi connectivity index (χ1) is 12.2. The number of rotatable bonds is 4. The van der Waals surface area contributed by atoms with Crippen molar-refractivity contribution in [3.05, 3.63) is 27.7 Å². The van der Waals surface area contributed by atoms with Crippen LogP contribution in [0.5, 0.6) is 0 Å². The second-order valence-corrected chi connectivity index (χ2v) is 9.45. The van der Waals surface area contributed by atoms with Crippen molar-refractivity contribution in [3.8, 4) is 10.6 Å². The van der Waals surface area contributed by atoms with Gasteiger partial charge in [-0.2, -0.15) is 5.10 Å². The normalized spacial score (nSPS) is 24.0. The molecule has 2 aliphatic heterocycles. The van der Waals surface area contributed by atoms with Crippen LogP contribution in [-0.4, -0.2) is 46.7 Å². The molecule has 0 spiro atoms. The number of halogens is 1. The lowest BCUT2D eigenvalue weighted by Crippen LogP contribution is -2.51. The Balaban J connectivity index is 1.36. The van der Waals surface area contributed by atoms with Crippen LogP contribution >= 0.6 is 27.3 Å². The molecule has 0 radical (unpaired) electrons. The van der Waals surface area contributed by atoms with Crippen LogP contribution in [-0.2, 0) is 0 Å². The number of fused-ring (bicyclic) bond motifs is 1. The molecular weight excluding hydrogens is 400 g/mol. The summed E-state index contributed by atoms with van der Waals surface area (Å²) in [5, 5.41) is 10.3. The third kappa shape index (κ3) is 3.83. The topological polar surface area (TPSA) is 61.0 Å². The number of nitrogens with zero attached hydrogens (tertiary/aromatic N) is 2. The molecule has 0 saturated carbocycles. The predicted octanol–water partition coefficient (Wildman–Crippen LogP) is 3.90. The average molecular weight is 423 g/mol. The second-order valence-electron chi connectivity index (χ2n) is 6.98. The molecule has 2 saturated heterocycles. The predicted molar refractivity (Wildman–Crippen MR) is 104 cm³/mol. The summed E-state index contributed by atoms with van der Waals surface area (Å²) in [5.74, 6) is 0.496. The van der Waals surface area contributed by atoms with E-state index in [1.807, 2.05) is 18.2 Å². The maximum Gasteiger partial charge on any atom is 0.271 e. The van der Waals surface area contributed by atoms with Gasteiger partial charge in [0.2, 0.25) is 0 Å². The number of aromatic amines is 1. The number of carbonyl (C=O) groups is 1. The molecule has 5 nitrogen and oxygen atoms in total. The molecule has 7 heteroatoms. The summed E-state index contributed by atoms with van der Waals surface area (Å²) in [4.78, 5) is 16.2. The van der Waals surface area contributed by atoms with E-state index in [4.69, 9.17) is 0 Å². The van der Waals surface area contributed by atoms with Crippen LogP contribution < -0.4 is 5.32 Å². The maximum atomic E-state index is 12.5. The highest BCUT2D eigenvalue weighted by Gasteiger charge is 2.33. The Morgan fingerprint density at radius 2 is 2.20 bits per heavy atom. The van der Waals surface area contributed by atoms with E-state index in [0.29, 0.717) is 17.7 Å². The van der Waals surface area contributed by atoms with Gasteiger partial charge in [-0.05, 0) is 78.8 Å². The Morgan fingerprint density at radius 3 is 3.04 bits per heavy atom. The number of H-pyrrole nitrogens is 1. The Bertz CT molecular complexity index is 741. The van der Waals surface area contributed by atoms with E-state index in [-0.39, 0.29) is 5.91 Å². The lowest BCUT2D eigenvalue weighted by Gasteiger charge is -2.44. The van der Waals surface area contributed by atoms with Crippen LogP contribution in [0.3, 0.4) is 0 Å². The number of piperidine rings is 2. The molecule has 2 atom stereocenters. The summed E-state index contributed by atoms with van der Waals surface area (Å²) in [6, 6.07) is 6.51. The molecule has 0 aliphatic carbocycles. The van der Waals surface area contributed by atoms with Gasteiger partial charge in [0.05, 0.1) is 14.4 Å². The summed E-state index contributed by atoms with van der Waals surface area (Å²) in [6.45, 7) is 3.22.